The van der Waals surface area contributed by atoms with E-state index < -0.39 is 0 Å². The molecule has 0 unspecified atom stereocenters. The number of amides is 1. The van der Waals surface area contributed by atoms with Crippen molar-refractivity contribution < 1.29 is 14.3 Å². The fourth-order valence-corrected chi connectivity index (χ4v) is 2.12. The quantitative estimate of drug-likeness (QED) is 0.636. The van der Waals surface area contributed by atoms with Gasteiger partial charge < -0.3 is 20.5 Å². The van der Waals surface area contributed by atoms with Gasteiger partial charge in [-0.25, -0.2) is 0 Å². The van der Waals surface area contributed by atoms with Crippen molar-refractivity contribution in [1.82, 2.24) is 5.32 Å². The predicted molar refractivity (Wildman–Crippen MR) is 101 cm³/mol. The minimum atomic E-state index is -0.148. The molecule has 25 heavy (non-hydrogen) atoms. The molecule has 0 radical (unpaired) electrons. The summed E-state index contributed by atoms with van der Waals surface area (Å²) < 4.78 is 11.4. The summed E-state index contributed by atoms with van der Waals surface area (Å²) in [5.74, 6) is 1.03. The number of halogens is 1. The summed E-state index contributed by atoms with van der Waals surface area (Å²) in [7, 11) is 0. The van der Waals surface area contributed by atoms with Gasteiger partial charge in [-0.05, 0) is 37.1 Å². The zero-order chi connectivity index (χ0) is 17.0. The Balaban J connectivity index is 0.00000312. The normalized spacial score (nSPS) is 9.80. The van der Waals surface area contributed by atoms with Gasteiger partial charge in [-0.3, -0.25) is 4.79 Å². The van der Waals surface area contributed by atoms with Gasteiger partial charge in [0, 0.05) is 6.54 Å². The van der Waals surface area contributed by atoms with Crippen molar-refractivity contribution in [2.45, 2.75) is 19.4 Å². The Kier molecular flexibility index (Phi) is 10.1. The average molecular weight is 365 g/mol. The fourth-order valence-electron chi connectivity index (χ4n) is 2.12. The molecule has 0 saturated carbocycles. The molecule has 2 aromatic carbocycles. The highest BCUT2D eigenvalue weighted by Crippen LogP contribution is 2.27. The third kappa shape index (κ3) is 7.92. The Labute approximate surface area is 154 Å². The van der Waals surface area contributed by atoms with Crippen LogP contribution in [0.4, 0.5) is 0 Å². The molecule has 5 nitrogen and oxygen atoms in total. The first kappa shape index (κ1) is 20.8. The van der Waals surface area contributed by atoms with E-state index in [9.17, 15) is 4.79 Å². The number of nitrogens with two attached hydrogens (primary N) is 1. The van der Waals surface area contributed by atoms with Gasteiger partial charge in [0.1, 0.15) is 6.61 Å². The highest BCUT2D eigenvalue weighted by atomic mass is 35.5. The fraction of sp³-hybridized carbons (Fsp3) is 0.316. The second-order valence-electron chi connectivity index (χ2n) is 5.36. The maximum absolute atomic E-state index is 11.8. The summed E-state index contributed by atoms with van der Waals surface area (Å²) in [6.45, 7) is 1.67. The molecule has 0 aliphatic carbocycles. The molecule has 0 aliphatic rings. The van der Waals surface area contributed by atoms with E-state index in [0.29, 0.717) is 31.2 Å². The first-order chi connectivity index (χ1) is 11.8. The third-order valence-corrected chi connectivity index (χ3v) is 3.40. The van der Waals surface area contributed by atoms with Crippen molar-refractivity contribution in [3.63, 3.8) is 0 Å². The van der Waals surface area contributed by atoms with E-state index in [0.717, 1.165) is 18.4 Å². The first-order valence-electron chi connectivity index (χ1n) is 8.15. The molecular weight excluding hydrogens is 340 g/mol. The van der Waals surface area contributed by atoms with Crippen LogP contribution in [0.25, 0.3) is 0 Å². The molecule has 6 heteroatoms. The van der Waals surface area contributed by atoms with E-state index in [1.807, 2.05) is 48.5 Å². The van der Waals surface area contributed by atoms with Crippen LogP contribution in [0.15, 0.2) is 54.6 Å². The van der Waals surface area contributed by atoms with Crippen molar-refractivity contribution in [1.29, 1.82) is 0 Å². The van der Waals surface area contributed by atoms with E-state index in [1.165, 1.54) is 0 Å². The molecule has 136 valence electrons. The van der Waals surface area contributed by atoms with Gasteiger partial charge >= 0.3 is 0 Å². The van der Waals surface area contributed by atoms with Crippen LogP contribution in [0.3, 0.4) is 0 Å². The molecule has 0 aromatic heterocycles. The lowest BCUT2D eigenvalue weighted by atomic mass is 10.2. The van der Waals surface area contributed by atoms with Gasteiger partial charge in [-0.1, -0.05) is 42.5 Å². The lowest BCUT2D eigenvalue weighted by molar-refractivity contribution is -0.123. The Morgan fingerprint density at radius 2 is 1.56 bits per heavy atom. The average Bonchev–Trinajstić information content (AvgIpc) is 2.63. The third-order valence-electron chi connectivity index (χ3n) is 3.40. The molecule has 3 N–H and O–H groups in total. The van der Waals surface area contributed by atoms with Crippen LogP contribution >= 0.6 is 12.4 Å². The highest BCUT2D eigenvalue weighted by Gasteiger charge is 2.07. The Hall–Kier alpha value is -2.24. The van der Waals surface area contributed by atoms with Gasteiger partial charge in [0.25, 0.3) is 5.91 Å². The second kappa shape index (κ2) is 12.2. The lowest BCUT2D eigenvalue weighted by Crippen LogP contribution is -2.30. The zero-order valence-electron chi connectivity index (χ0n) is 14.1. The summed E-state index contributed by atoms with van der Waals surface area (Å²) in [5.41, 5.74) is 6.49. The Morgan fingerprint density at radius 3 is 2.24 bits per heavy atom. The second-order valence-corrected chi connectivity index (χ2v) is 5.36. The van der Waals surface area contributed by atoms with Gasteiger partial charge in [0.05, 0.1) is 0 Å². The topological polar surface area (TPSA) is 73.6 Å². The van der Waals surface area contributed by atoms with Crippen LogP contribution in [0.5, 0.6) is 11.5 Å². The molecule has 0 spiro atoms. The maximum atomic E-state index is 11.8. The van der Waals surface area contributed by atoms with Crippen molar-refractivity contribution in [2.24, 2.45) is 5.73 Å². The Morgan fingerprint density at radius 1 is 0.920 bits per heavy atom. The van der Waals surface area contributed by atoms with Crippen LogP contribution in [-0.2, 0) is 11.4 Å². The number of para-hydroxylation sites is 2. The number of benzene rings is 2. The van der Waals surface area contributed by atoms with Gasteiger partial charge in [-0.2, -0.15) is 0 Å². The monoisotopic (exact) mass is 364 g/mol. The standard InChI is InChI=1S/C19H24N2O3.ClH/c20-12-6-7-13-21-19(22)15-24-18-11-5-4-10-17(18)23-14-16-8-2-1-3-9-16;/h1-5,8-11H,6-7,12-15,20H2,(H,21,22);1H. The number of hydrogen-bond acceptors (Lipinski definition) is 4. The number of carbonyl (C=O) groups is 1. The summed E-state index contributed by atoms with van der Waals surface area (Å²) in [6.07, 6.45) is 1.77. The molecule has 0 heterocycles. The summed E-state index contributed by atoms with van der Waals surface area (Å²) in [6, 6.07) is 17.2. The largest absolute Gasteiger partial charge is 0.485 e. The molecule has 2 aromatic rings. The smallest absolute Gasteiger partial charge is 0.257 e. The number of ether oxygens (including phenoxy) is 2. The number of carbonyl (C=O) groups excluding carboxylic acids is 1. The van der Waals surface area contributed by atoms with E-state index >= 15 is 0 Å². The van der Waals surface area contributed by atoms with Crippen LogP contribution in [0.1, 0.15) is 18.4 Å². The molecule has 0 fully saturated rings. The van der Waals surface area contributed by atoms with Crippen molar-refractivity contribution in [2.75, 3.05) is 19.7 Å². The van der Waals surface area contributed by atoms with Crippen molar-refractivity contribution in [3.05, 3.63) is 60.2 Å². The highest BCUT2D eigenvalue weighted by molar-refractivity contribution is 5.85. The molecule has 0 atom stereocenters. The minimum absolute atomic E-state index is 0. The van der Waals surface area contributed by atoms with Crippen LogP contribution < -0.4 is 20.5 Å². The molecule has 0 aliphatic heterocycles. The van der Waals surface area contributed by atoms with Crippen LogP contribution in [-0.4, -0.2) is 25.6 Å². The van der Waals surface area contributed by atoms with Crippen molar-refractivity contribution in [3.8, 4) is 11.5 Å². The molecular formula is C19H25ClN2O3. The van der Waals surface area contributed by atoms with Gasteiger partial charge in [0.15, 0.2) is 18.1 Å². The first-order valence-corrected chi connectivity index (χ1v) is 8.15. The predicted octanol–water partition coefficient (Wildman–Crippen LogP) is 2.92. The lowest BCUT2D eigenvalue weighted by Gasteiger charge is -2.12. The van der Waals surface area contributed by atoms with Gasteiger partial charge in [0.2, 0.25) is 0 Å². The zero-order valence-corrected chi connectivity index (χ0v) is 15.0. The maximum Gasteiger partial charge on any atom is 0.257 e. The van der Waals surface area contributed by atoms with E-state index in [1.54, 1.807) is 6.07 Å². The number of hydrogen-bond donors (Lipinski definition) is 2. The van der Waals surface area contributed by atoms with E-state index in [-0.39, 0.29) is 24.9 Å². The molecule has 2 rings (SSSR count). The molecule has 0 bridgehead atoms. The van der Waals surface area contributed by atoms with Crippen LogP contribution in [0, 0.1) is 0 Å². The van der Waals surface area contributed by atoms with Crippen molar-refractivity contribution >= 4 is 18.3 Å². The van der Waals surface area contributed by atoms with E-state index in [2.05, 4.69) is 5.32 Å². The van der Waals surface area contributed by atoms with E-state index in [4.69, 9.17) is 15.2 Å². The number of unbranched alkanes of at least 4 members (excludes halogenated alkanes) is 1. The van der Waals surface area contributed by atoms with Crippen LogP contribution in [0.2, 0.25) is 0 Å². The molecule has 1 amide bonds. The van der Waals surface area contributed by atoms with Gasteiger partial charge in [-0.15, -0.1) is 12.4 Å². The Bertz CT molecular complexity index is 623. The SMILES string of the molecule is Cl.NCCCCNC(=O)COc1ccccc1OCc1ccccc1. The summed E-state index contributed by atoms with van der Waals surface area (Å²) in [4.78, 5) is 11.8. The molecule has 0 saturated heterocycles. The minimum Gasteiger partial charge on any atom is -0.485 e. The number of rotatable bonds is 10. The summed E-state index contributed by atoms with van der Waals surface area (Å²) in [5, 5.41) is 2.80. The number of nitrogens with one attached hydrogen (secondary N) is 1. The summed E-state index contributed by atoms with van der Waals surface area (Å²) >= 11 is 0.